The van der Waals surface area contributed by atoms with Crippen molar-refractivity contribution in [2.45, 2.75) is 0 Å². The van der Waals surface area contributed by atoms with Crippen molar-refractivity contribution in [1.82, 2.24) is 4.98 Å². The molecule has 0 saturated heterocycles. The lowest BCUT2D eigenvalue weighted by Gasteiger charge is -2.08. The second kappa shape index (κ2) is 11.0. The van der Waals surface area contributed by atoms with Gasteiger partial charge in [0.1, 0.15) is 5.69 Å². The van der Waals surface area contributed by atoms with E-state index in [-0.39, 0.29) is 0 Å². The second-order valence-corrected chi connectivity index (χ2v) is 10.3. The van der Waals surface area contributed by atoms with E-state index >= 15 is 0 Å². The van der Waals surface area contributed by atoms with Crippen LogP contribution in [0.15, 0.2) is 152 Å². The summed E-state index contributed by atoms with van der Waals surface area (Å²) in [5.41, 5.74) is 10.3. The molecule has 0 aliphatic carbocycles. The Bertz CT molecular complexity index is 2020. The fourth-order valence-electron chi connectivity index (χ4n) is 5.34. The molecule has 7 rings (SSSR count). The molecule has 0 spiro atoms. The SMILES string of the molecule is N#Cc1cccc(-c2ccc3ccc(-c4ccc(-c5nc(-c6ccccc6)cc(-c6ccccc6)[nH+]5)cc4)cc3c2)c1. The molecule has 0 bridgehead atoms. The smallest absolute Gasteiger partial charge is 0.236 e. The van der Waals surface area contributed by atoms with Crippen LogP contribution in [0.5, 0.6) is 0 Å². The molecule has 0 atom stereocenters. The minimum Gasteiger partial charge on any atom is -0.236 e. The maximum Gasteiger partial charge on any atom is 0.329 e. The van der Waals surface area contributed by atoms with Crippen LogP contribution in [0.4, 0.5) is 0 Å². The fraction of sp³-hybridized carbons (Fsp3) is 0. The van der Waals surface area contributed by atoms with Gasteiger partial charge >= 0.3 is 5.82 Å². The molecule has 6 aromatic carbocycles. The summed E-state index contributed by atoms with van der Waals surface area (Å²) in [5, 5.41) is 11.7. The van der Waals surface area contributed by atoms with Gasteiger partial charge in [-0.3, -0.25) is 0 Å². The van der Waals surface area contributed by atoms with Crippen LogP contribution < -0.4 is 4.98 Å². The molecular weight excluding hydrogens is 510 g/mol. The standard InChI is InChI=1S/C39H25N3/c40-26-27-8-7-13-33(22-27)35-21-17-29-16-20-34(23-36(29)24-35)28-14-18-32(19-15-28)39-41-37(30-9-3-1-4-10-30)25-38(42-39)31-11-5-2-6-12-31/h1-25H/p+1. The highest BCUT2D eigenvalue weighted by Crippen LogP contribution is 2.31. The Morgan fingerprint density at radius 3 is 1.71 bits per heavy atom. The summed E-state index contributed by atoms with van der Waals surface area (Å²) in [6.07, 6.45) is 0. The highest BCUT2D eigenvalue weighted by molar-refractivity contribution is 5.91. The Morgan fingerprint density at radius 1 is 0.452 bits per heavy atom. The summed E-state index contributed by atoms with van der Waals surface area (Å²) in [7, 11) is 0. The molecule has 0 radical (unpaired) electrons. The average molecular weight is 537 g/mol. The molecule has 7 aromatic rings. The Hall–Kier alpha value is -5.85. The van der Waals surface area contributed by atoms with E-state index in [4.69, 9.17) is 4.98 Å². The lowest BCUT2D eigenvalue weighted by molar-refractivity contribution is -0.355. The van der Waals surface area contributed by atoms with Crippen molar-refractivity contribution < 1.29 is 4.98 Å². The van der Waals surface area contributed by atoms with Gasteiger partial charge in [0.25, 0.3) is 0 Å². The van der Waals surface area contributed by atoms with Gasteiger partial charge < -0.3 is 0 Å². The van der Waals surface area contributed by atoms with E-state index in [0.717, 1.165) is 61.5 Å². The monoisotopic (exact) mass is 536 g/mol. The number of aromatic nitrogens is 2. The maximum atomic E-state index is 9.31. The van der Waals surface area contributed by atoms with Crippen LogP contribution in [0.2, 0.25) is 0 Å². The predicted molar refractivity (Wildman–Crippen MR) is 170 cm³/mol. The minimum absolute atomic E-state index is 0.665. The number of nitrogens with zero attached hydrogens (tertiary/aromatic N) is 2. The van der Waals surface area contributed by atoms with Crippen LogP contribution >= 0.6 is 0 Å². The molecule has 0 aliphatic rings. The first-order chi connectivity index (χ1) is 20.7. The summed E-state index contributed by atoms with van der Waals surface area (Å²) in [6, 6.07) is 54.3. The zero-order valence-corrected chi connectivity index (χ0v) is 22.8. The van der Waals surface area contributed by atoms with Crippen LogP contribution in [0.25, 0.3) is 66.9 Å². The molecule has 42 heavy (non-hydrogen) atoms. The molecule has 1 N–H and O–H groups in total. The van der Waals surface area contributed by atoms with Gasteiger partial charge in [0.15, 0.2) is 5.69 Å². The number of H-pyrrole nitrogens is 1. The van der Waals surface area contributed by atoms with Crippen LogP contribution in [-0.4, -0.2) is 4.98 Å². The second-order valence-electron chi connectivity index (χ2n) is 10.3. The number of hydrogen-bond donors (Lipinski definition) is 0. The highest BCUT2D eigenvalue weighted by atomic mass is 14.9. The number of benzene rings is 6. The summed E-state index contributed by atoms with van der Waals surface area (Å²) >= 11 is 0. The summed E-state index contributed by atoms with van der Waals surface area (Å²) in [6.45, 7) is 0. The van der Waals surface area contributed by atoms with Crippen molar-refractivity contribution in [1.29, 1.82) is 5.26 Å². The summed E-state index contributed by atoms with van der Waals surface area (Å²) in [5.74, 6) is 0.824. The molecule has 0 amide bonds. The van der Waals surface area contributed by atoms with Gasteiger partial charge in [0.2, 0.25) is 0 Å². The lowest BCUT2D eigenvalue weighted by Crippen LogP contribution is -2.14. The van der Waals surface area contributed by atoms with E-state index < -0.39 is 0 Å². The molecular formula is C39H26N3+. The van der Waals surface area contributed by atoms with Gasteiger partial charge in [-0.05, 0) is 74.4 Å². The van der Waals surface area contributed by atoms with E-state index in [1.54, 1.807) is 0 Å². The minimum atomic E-state index is 0.665. The highest BCUT2D eigenvalue weighted by Gasteiger charge is 2.18. The summed E-state index contributed by atoms with van der Waals surface area (Å²) < 4.78 is 0. The lowest BCUT2D eigenvalue weighted by atomic mass is 9.96. The third kappa shape index (κ3) is 5.06. The number of rotatable bonds is 5. The molecule has 196 valence electrons. The number of aromatic amines is 1. The Labute approximate surface area is 245 Å². The predicted octanol–water partition coefficient (Wildman–Crippen LogP) is 9.26. The van der Waals surface area contributed by atoms with Gasteiger partial charge in [-0.1, -0.05) is 109 Å². The molecule has 1 heterocycles. The molecule has 0 unspecified atom stereocenters. The number of hydrogen-bond acceptors (Lipinski definition) is 2. The quantitative estimate of drug-likeness (QED) is 0.220. The zero-order valence-electron chi connectivity index (χ0n) is 22.8. The third-order valence-electron chi connectivity index (χ3n) is 7.58. The van der Waals surface area contributed by atoms with Gasteiger partial charge in [-0.2, -0.15) is 5.26 Å². The van der Waals surface area contributed by atoms with Crippen LogP contribution in [-0.2, 0) is 0 Å². The van der Waals surface area contributed by atoms with Gasteiger partial charge in [0, 0.05) is 17.2 Å². The summed E-state index contributed by atoms with van der Waals surface area (Å²) in [4.78, 5) is 8.59. The van der Waals surface area contributed by atoms with Crippen LogP contribution in [0.3, 0.4) is 0 Å². The molecule has 3 heteroatoms. The van der Waals surface area contributed by atoms with E-state index in [9.17, 15) is 5.26 Å². The van der Waals surface area contributed by atoms with Gasteiger partial charge in [-0.15, -0.1) is 0 Å². The fourth-order valence-corrected chi connectivity index (χ4v) is 5.34. The maximum absolute atomic E-state index is 9.31. The molecule has 3 nitrogen and oxygen atoms in total. The van der Waals surface area contributed by atoms with E-state index in [0.29, 0.717) is 5.56 Å². The van der Waals surface area contributed by atoms with Gasteiger partial charge in [0.05, 0.1) is 17.2 Å². The first kappa shape index (κ1) is 25.1. The Balaban J connectivity index is 1.25. The molecule has 1 aromatic heterocycles. The van der Waals surface area contributed by atoms with E-state index in [2.05, 4.69) is 114 Å². The average Bonchev–Trinajstić information content (AvgIpc) is 3.08. The van der Waals surface area contributed by atoms with E-state index in [1.807, 2.05) is 48.5 Å². The van der Waals surface area contributed by atoms with Crippen molar-refractivity contribution in [3.8, 4) is 62.2 Å². The first-order valence-electron chi connectivity index (χ1n) is 13.9. The van der Waals surface area contributed by atoms with Gasteiger partial charge in [-0.25, -0.2) is 4.98 Å². The molecule has 0 saturated carbocycles. The normalized spacial score (nSPS) is 10.8. The van der Waals surface area contributed by atoms with Crippen molar-refractivity contribution in [3.63, 3.8) is 0 Å². The first-order valence-corrected chi connectivity index (χ1v) is 13.9. The zero-order chi connectivity index (χ0) is 28.3. The number of fused-ring (bicyclic) bond motifs is 1. The van der Waals surface area contributed by atoms with Crippen LogP contribution in [0.1, 0.15) is 5.56 Å². The Morgan fingerprint density at radius 2 is 1.02 bits per heavy atom. The van der Waals surface area contributed by atoms with Crippen LogP contribution in [0, 0.1) is 11.3 Å². The Kier molecular flexibility index (Phi) is 6.56. The van der Waals surface area contributed by atoms with Crippen molar-refractivity contribution in [2.75, 3.05) is 0 Å². The molecule has 0 fully saturated rings. The van der Waals surface area contributed by atoms with Crippen molar-refractivity contribution in [3.05, 3.63) is 157 Å². The third-order valence-corrected chi connectivity index (χ3v) is 7.58. The van der Waals surface area contributed by atoms with E-state index in [1.165, 1.54) is 5.39 Å². The van der Waals surface area contributed by atoms with Crippen molar-refractivity contribution in [2.24, 2.45) is 0 Å². The number of nitriles is 1. The molecule has 0 aliphatic heterocycles. The number of nitrogens with one attached hydrogen (secondary N) is 1. The largest absolute Gasteiger partial charge is 0.329 e. The van der Waals surface area contributed by atoms with Crippen molar-refractivity contribution >= 4 is 10.8 Å². The topological polar surface area (TPSA) is 50.8 Å².